The Labute approximate surface area is 316 Å². The molecule has 54 heavy (non-hydrogen) atoms. The number of carboxylic acid groups (broad SMARTS) is 1. The van der Waals surface area contributed by atoms with Crippen LogP contribution in [0.25, 0.3) is 22.3 Å². The van der Waals surface area contributed by atoms with E-state index in [1.807, 2.05) is 97.1 Å². The number of rotatable bonds is 11. The third kappa shape index (κ3) is 6.88. The fourth-order valence-corrected chi connectivity index (χ4v) is 7.72. The predicted molar refractivity (Wildman–Crippen MR) is 200 cm³/mol. The number of carboxylic acids is 1. The van der Waals surface area contributed by atoms with Crippen molar-refractivity contribution in [3.63, 3.8) is 0 Å². The van der Waals surface area contributed by atoms with Crippen molar-refractivity contribution in [3.05, 3.63) is 148 Å². The second-order valence-corrected chi connectivity index (χ2v) is 14.0. The van der Waals surface area contributed by atoms with Gasteiger partial charge in [0.15, 0.2) is 6.04 Å². The highest BCUT2D eigenvalue weighted by atomic mass is 35.5. The van der Waals surface area contributed by atoms with Crippen molar-refractivity contribution in [2.45, 2.75) is 36.8 Å². The second-order valence-electron chi connectivity index (χ2n) is 13.6. The first-order valence-corrected chi connectivity index (χ1v) is 18.1. The van der Waals surface area contributed by atoms with Crippen molar-refractivity contribution in [1.29, 1.82) is 0 Å². The number of alkyl carbamates (subject to hydrolysis) is 2. The Morgan fingerprint density at radius 1 is 0.648 bits per heavy atom. The maximum atomic E-state index is 13.5. The number of benzene rings is 5. The van der Waals surface area contributed by atoms with E-state index in [4.69, 9.17) is 25.8 Å². The molecule has 3 aliphatic carbocycles. The molecule has 0 aromatic heterocycles. The Morgan fingerprint density at radius 3 is 1.54 bits per heavy atom. The molecule has 11 heteroatoms. The number of aliphatic carboxylic acids is 1. The van der Waals surface area contributed by atoms with Gasteiger partial charge in [-0.15, -0.1) is 0 Å². The van der Waals surface area contributed by atoms with Gasteiger partial charge in [0.25, 0.3) is 0 Å². The summed E-state index contributed by atoms with van der Waals surface area (Å²) in [5, 5.41) is 15.2. The lowest BCUT2D eigenvalue weighted by Crippen LogP contribution is -2.45. The minimum Gasteiger partial charge on any atom is -0.479 e. The van der Waals surface area contributed by atoms with Crippen LogP contribution in [0.2, 0.25) is 5.02 Å². The highest BCUT2D eigenvalue weighted by Gasteiger charge is 2.40. The van der Waals surface area contributed by atoms with Gasteiger partial charge >= 0.3 is 24.1 Å². The molecule has 1 saturated carbocycles. The summed E-state index contributed by atoms with van der Waals surface area (Å²) >= 11 is 6.40. The van der Waals surface area contributed by atoms with Crippen LogP contribution in [0.3, 0.4) is 0 Å². The molecule has 2 atom stereocenters. The van der Waals surface area contributed by atoms with E-state index in [0.29, 0.717) is 12.8 Å². The quantitative estimate of drug-likeness (QED) is 0.0909. The number of fused-ring (bicyclic) bond motifs is 6. The van der Waals surface area contributed by atoms with E-state index in [-0.39, 0.29) is 47.3 Å². The van der Waals surface area contributed by atoms with Crippen LogP contribution in [0, 0.1) is 5.92 Å². The average molecular weight is 743 g/mol. The van der Waals surface area contributed by atoms with E-state index in [1.54, 1.807) is 0 Å². The number of carbonyl (C=O) groups is 4. The van der Waals surface area contributed by atoms with Crippen LogP contribution in [-0.4, -0.2) is 48.5 Å². The van der Waals surface area contributed by atoms with Gasteiger partial charge in [-0.05, 0) is 81.0 Å². The lowest BCUT2D eigenvalue weighted by molar-refractivity contribution is -0.139. The number of ether oxygens (including phenoxy) is 3. The highest BCUT2D eigenvalue weighted by molar-refractivity contribution is 6.32. The molecule has 0 radical (unpaired) electrons. The van der Waals surface area contributed by atoms with Crippen LogP contribution in [0.1, 0.15) is 58.5 Å². The fourth-order valence-electron chi connectivity index (χ4n) is 7.56. The van der Waals surface area contributed by atoms with Gasteiger partial charge in [-0.3, -0.25) is 0 Å². The Bertz CT molecular complexity index is 2200. The van der Waals surface area contributed by atoms with Crippen molar-refractivity contribution in [1.82, 2.24) is 10.6 Å². The summed E-state index contributed by atoms with van der Waals surface area (Å²) in [6.45, 7) is 0.0718. The molecular weight excluding hydrogens is 708 g/mol. The first-order chi connectivity index (χ1) is 26.3. The van der Waals surface area contributed by atoms with Crippen LogP contribution < -0.4 is 15.4 Å². The molecule has 0 saturated heterocycles. The molecule has 0 bridgehead atoms. The van der Waals surface area contributed by atoms with Crippen LogP contribution >= 0.6 is 11.6 Å². The molecule has 5 aromatic rings. The van der Waals surface area contributed by atoms with Gasteiger partial charge in [0.2, 0.25) is 0 Å². The van der Waals surface area contributed by atoms with Gasteiger partial charge in [0.1, 0.15) is 25.0 Å². The van der Waals surface area contributed by atoms with Crippen molar-refractivity contribution in [3.8, 4) is 28.0 Å². The summed E-state index contributed by atoms with van der Waals surface area (Å²) in [6.07, 6.45) is -0.298. The molecule has 3 aliphatic rings. The molecule has 10 nitrogen and oxygen atoms in total. The third-order valence-electron chi connectivity index (χ3n) is 10.3. The maximum absolute atomic E-state index is 13.5. The zero-order valence-electron chi connectivity index (χ0n) is 28.9. The maximum Gasteiger partial charge on any atom is 0.408 e. The van der Waals surface area contributed by atoms with Crippen molar-refractivity contribution < 1.29 is 38.5 Å². The number of esters is 1. The normalized spacial score (nSPS) is 15.1. The molecule has 2 amide bonds. The molecular formula is C43H35ClN2O8. The topological polar surface area (TPSA) is 140 Å². The van der Waals surface area contributed by atoms with E-state index < -0.39 is 36.2 Å². The van der Waals surface area contributed by atoms with Crippen molar-refractivity contribution in [2.24, 2.45) is 5.92 Å². The van der Waals surface area contributed by atoms with E-state index in [1.165, 1.54) is 18.2 Å². The zero-order chi connectivity index (χ0) is 37.3. The molecule has 5 aromatic carbocycles. The van der Waals surface area contributed by atoms with Crippen molar-refractivity contribution >= 4 is 35.7 Å². The van der Waals surface area contributed by atoms with E-state index in [2.05, 4.69) is 10.6 Å². The van der Waals surface area contributed by atoms with E-state index >= 15 is 0 Å². The molecule has 272 valence electrons. The average Bonchev–Trinajstić information content (AvgIpc) is 3.91. The van der Waals surface area contributed by atoms with E-state index in [9.17, 15) is 24.3 Å². The number of amides is 2. The van der Waals surface area contributed by atoms with Gasteiger partial charge < -0.3 is 30.0 Å². The number of halogens is 1. The molecule has 8 rings (SSSR count). The van der Waals surface area contributed by atoms with Crippen LogP contribution in [0.15, 0.2) is 115 Å². The van der Waals surface area contributed by atoms with Gasteiger partial charge in [0.05, 0.1) is 5.02 Å². The highest BCUT2D eigenvalue weighted by Crippen LogP contribution is 2.46. The van der Waals surface area contributed by atoms with Crippen LogP contribution in [0.4, 0.5) is 9.59 Å². The summed E-state index contributed by atoms with van der Waals surface area (Å²) in [5.74, 6) is -2.80. The summed E-state index contributed by atoms with van der Waals surface area (Å²) in [5.41, 5.74) is 8.57. The molecule has 0 aliphatic heterocycles. The van der Waals surface area contributed by atoms with Crippen LogP contribution in [-0.2, 0) is 19.1 Å². The molecule has 1 fully saturated rings. The Hall–Kier alpha value is -6.13. The molecule has 1 unspecified atom stereocenters. The Balaban J connectivity index is 0.907. The largest absolute Gasteiger partial charge is 0.479 e. The fraction of sp³-hybridized carbons (Fsp3) is 0.209. The first-order valence-electron chi connectivity index (χ1n) is 17.7. The molecule has 3 N–H and O–H groups in total. The monoisotopic (exact) mass is 742 g/mol. The summed E-state index contributed by atoms with van der Waals surface area (Å²) in [7, 11) is 0. The Kier molecular flexibility index (Phi) is 9.52. The number of carbonyl (C=O) groups excluding carboxylic acids is 3. The van der Waals surface area contributed by atoms with Gasteiger partial charge in [-0.25, -0.2) is 19.2 Å². The van der Waals surface area contributed by atoms with Gasteiger partial charge in [-0.2, -0.15) is 0 Å². The summed E-state index contributed by atoms with van der Waals surface area (Å²) in [4.78, 5) is 52.0. The molecule has 0 heterocycles. The summed E-state index contributed by atoms with van der Waals surface area (Å²) < 4.78 is 16.9. The number of hydrogen-bond acceptors (Lipinski definition) is 7. The lowest BCUT2D eigenvalue weighted by atomic mass is 9.98. The third-order valence-corrected chi connectivity index (χ3v) is 10.6. The van der Waals surface area contributed by atoms with Crippen LogP contribution in [0.5, 0.6) is 5.75 Å². The van der Waals surface area contributed by atoms with Crippen molar-refractivity contribution in [2.75, 3.05) is 13.2 Å². The minimum absolute atomic E-state index is 0.00505. The standard InChI is InChI=1S/C43H35ClN2O8/c44-36-20-19-25(38(40(47)48)45-42(50)52-22-34-30-13-5-1-9-26(30)27-10-2-6-14-31(27)34)21-37(36)54-41(49)39(24-17-18-24)46-43(51)53-23-35-32-15-7-3-11-28(32)29-12-4-8-16-33(29)35/h1-16,19-21,24,34-35,38-39H,17-18,22-23H2,(H,45,50)(H,46,51)(H,47,48)/t38-,39?/m0/s1. The minimum atomic E-state index is -1.55. The van der Waals surface area contributed by atoms with E-state index in [0.717, 1.165) is 44.5 Å². The SMILES string of the molecule is O=C(NC(C(=O)Oc1cc([C@H](NC(=O)OCC2c3ccccc3-c3ccccc32)C(=O)O)ccc1Cl)C1CC1)OCC1c2ccccc2-c2ccccc21. The first kappa shape index (κ1) is 34.9. The molecule has 0 spiro atoms. The predicted octanol–water partition coefficient (Wildman–Crippen LogP) is 8.23. The second kappa shape index (κ2) is 14.7. The number of hydrogen-bond donors (Lipinski definition) is 3. The Morgan fingerprint density at radius 2 is 1.09 bits per heavy atom. The van der Waals surface area contributed by atoms with Gasteiger partial charge in [0, 0.05) is 11.8 Å². The smallest absolute Gasteiger partial charge is 0.408 e. The van der Waals surface area contributed by atoms with Gasteiger partial charge in [-0.1, -0.05) is 115 Å². The lowest BCUT2D eigenvalue weighted by Gasteiger charge is -2.20. The summed E-state index contributed by atoms with van der Waals surface area (Å²) in [6, 6.07) is 33.2. The number of nitrogens with one attached hydrogen (secondary N) is 2. The zero-order valence-corrected chi connectivity index (χ0v) is 29.6.